The van der Waals surface area contributed by atoms with Gasteiger partial charge in [-0.3, -0.25) is 19.6 Å². The molecule has 2 saturated heterocycles. The first-order valence-corrected chi connectivity index (χ1v) is 29.7. The lowest BCUT2D eigenvalue weighted by atomic mass is 9.96. The summed E-state index contributed by atoms with van der Waals surface area (Å²) in [6, 6.07) is 15.2. The Morgan fingerprint density at radius 2 is 1.08 bits per heavy atom. The number of amides is 1. The Bertz CT molecular complexity index is 2490. The van der Waals surface area contributed by atoms with Crippen LogP contribution in [0.3, 0.4) is 0 Å². The molecular formula is C52H78N8O9S4. The first-order chi connectivity index (χ1) is 34.9. The molecule has 0 atom stereocenters. The standard InChI is InChI=1S/C26H38N4O4S2.C14H21NO5S2.C12H19N3/c1-20-16-24(34-5)17-21(2)26(20)36(32,33)29(4)14-15-35-19-25(31)28(3)18-22-8-12-30(13-9-22)23-6-10-27-11-7-23;1-11-7-13(19-4)8-12(2)14(11)22(17,18)15(3)5-6-21-10-20-9-16;1-13-10-11-4-8-15(9-5-11)12-2-6-14-7-3-12/h6-7,10-11,16-17,22H,8-9,12-15,18-19H2,1-5H3;7-9H,5-6,10H2,1-4H3;2-3,6-7,11,13H,4-5,8-10H2,1H3. The van der Waals surface area contributed by atoms with E-state index < -0.39 is 20.0 Å². The summed E-state index contributed by atoms with van der Waals surface area (Å²) < 4.78 is 69.3. The number of benzene rings is 2. The van der Waals surface area contributed by atoms with Gasteiger partial charge in [-0.2, -0.15) is 11.8 Å². The maximum Gasteiger partial charge on any atom is 0.293 e. The highest BCUT2D eigenvalue weighted by molar-refractivity contribution is 8.00. The second kappa shape index (κ2) is 30.7. The number of anilines is 2. The minimum absolute atomic E-state index is 0.0870. The molecule has 4 heterocycles. The first-order valence-electron chi connectivity index (χ1n) is 24.5. The summed E-state index contributed by atoms with van der Waals surface area (Å²) in [6.45, 7) is 14.3. The summed E-state index contributed by atoms with van der Waals surface area (Å²) in [6.07, 6.45) is 12.1. The summed E-state index contributed by atoms with van der Waals surface area (Å²) in [5, 5.41) is 3.26. The molecule has 0 saturated carbocycles. The maximum absolute atomic E-state index is 13.1. The van der Waals surface area contributed by atoms with Crippen LogP contribution in [0.1, 0.15) is 47.9 Å². The SMILES string of the molecule is CNCC1CCN(c2ccncc2)CC1.COc1cc(C)c(S(=O)(=O)N(C)CCSCC(=O)N(C)CC2CCN(c3ccncc3)CC2)c(C)c1.COc1cc(C)c(S(=O)(=O)N(C)CCSCOC=O)c(C)c1. The highest BCUT2D eigenvalue weighted by Gasteiger charge is 2.28. The number of hydrogen-bond acceptors (Lipinski definition) is 16. The molecule has 0 radical (unpaired) electrons. The molecule has 2 aliphatic heterocycles. The number of nitrogens with one attached hydrogen (secondary N) is 1. The van der Waals surface area contributed by atoms with Crippen LogP contribution in [0.2, 0.25) is 0 Å². The number of piperidine rings is 2. The van der Waals surface area contributed by atoms with Crippen LogP contribution in [-0.4, -0.2) is 171 Å². The number of hydrogen-bond donors (Lipinski definition) is 1. The van der Waals surface area contributed by atoms with Crippen molar-refractivity contribution < 1.29 is 40.6 Å². The van der Waals surface area contributed by atoms with E-state index in [0.717, 1.165) is 44.9 Å². The molecule has 17 nitrogen and oxygen atoms in total. The van der Waals surface area contributed by atoms with E-state index in [1.54, 1.807) is 80.3 Å². The minimum atomic E-state index is -3.62. The third kappa shape index (κ3) is 18.6. The van der Waals surface area contributed by atoms with E-state index in [4.69, 9.17) is 9.47 Å². The van der Waals surface area contributed by atoms with Crippen molar-refractivity contribution in [3.63, 3.8) is 0 Å². The quantitative estimate of drug-likeness (QED) is 0.0467. The predicted molar refractivity (Wildman–Crippen MR) is 296 cm³/mol. The van der Waals surface area contributed by atoms with Crippen molar-refractivity contribution in [3.8, 4) is 11.5 Å². The van der Waals surface area contributed by atoms with Crippen molar-refractivity contribution in [2.45, 2.75) is 63.2 Å². The normalized spacial score (nSPS) is 14.5. The zero-order valence-electron chi connectivity index (χ0n) is 44.4. The minimum Gasteiger partial charge on any atom is -0.497 e. The van der Waals surface area contributed by atoms with Gasteiger partial charge in [0, 0.05) is 115 Å². The Balaban J connectivity index is 0.000000264. The smallest absolute Gasteiger partial charge is 0.293 e. The van der Waals surface area contributed by atoms with Gasteiger partial charge < -0.3 is 34.2 Å². The third-order valence-electron chi connectivity index (χ3n) is 13.0. The monoisotopic (exact) mass is 1090 g/mol. The molecule has 0 aliphatic carbocycles. The lowest BCUT2D eigenvalue weighted by molar-refractivity contribution is -0.128. The molecule has 0 unspecified atom stereocenters. The van der Waals surface area contributed by atoms with Gasteiger partial charge in [0.25, 0.3) is 6.47 Å². The Morgan fingerprint density at radius 1 is 0.685 bits per heavy atom. The van der Waals surface area contributed by atoms with Gasteiger partial charge in [-0.1, -0.05) is 0 Å². The van der Waals surface area contributed by atoms with Crippen LogP contribution >= 0.6 is 23.5 Å². The molecule has 2 fully saturated rings. The average Bonchev–Trinajstić information content (AvgIpc) is 3.38. The van der Waals surface area contributed by atoms with Gasteiger partial charge in [-0.15, -0.1) is 11.8 Å². The number of carbonyl (C=O) groups excluding carboxylic acids is 2. The van der Waals surface area contributed by atoms with Crippen LogP contribution in [-0.2, 0) is 34.4 Å². The van der Waals surface area contributed by atoms with E-state index in [0.29, 0.717) is 86.3 Å². The number of ether oxygens (including phenoxy) is 3. The topological polar surface area (TPSA) is 184 Å². The zero-order chi connectivity index (χ0) is 53.6. The van der Waals surface area contributed by atoms with Gasteiger partial charge in [0.2, 0.25) is 26.0 Å². The number of aryl methyl sites for hydroxylation is 4. The maximum atomic E-state index is 13.1. The molecule has 2 aromatic carbocycles. The molecule has 404 valence electrons. The van der Waals surface area contributed by atoms with Gasteiger partial charge in [0.15, 0.2) is 0 Å². The van der Waals surface area contributed by atoms with Gasteiger partial charge in [-0.05, 0) is 150 Å². The molecule has 21 heteroatoms. The van der Waals surface area contributed by atoms with Gasteiger partial charge in [-0.25, -0.2) is 25.4 Å². The van der Waals surface area contributed by atoms with Crippen LogP contribution in [0.5, 0.6) is 11.5 Å². The fraction of sp³-hybridized carbons (Fsp3) is 0.538. The number of sulfonamides is 2. The molecule has 1 amide bonds. The van der Waals surface area contributed by atoms with Crippen molar-refractivity contribution in [1.82, 2.24) is 28.8 Å². The molecule has 4 aromatic rings. The summed E-state index contributed by atoms with van der Waals surface area (Å²) in [5.74, 6) is 4.37. The lowest BCUT2D eigenvalue weighted by Crippen LogP contribution is -2.40. The van der Waals surface area contributed by atoms with Gasteiger partial charge in [0.1, 0.15) is 17.4 Å². The number of aromatic nitrogens is 2. The van der Waals surface area contributed by atoms with Crippen LogP contribution in [0.4, 0.5) is 11.4 Å². The van der Waals surface area contributed by atoms with Crippen molar-refractivity contribution in [1.29, 1.82) is 0 Å². The van der Waals surface area contributed by atoms with E-state index >= 15 is 0 Å². The Hall–Kier alpha value is -4.64. The van der Waals surface area contributed by atoms with E-state index in [-0.39, 0.29) is 11.8 Å². The summed E-state index contributed by atoms with van der Waals surface area (Å²) in [5.41, 5.74) is 5.15. The molecule has 73 heavy (non-hydrogen) atoms. The molecule has 0 spiro atoms. The molecule has 2 aromatic heterocycles. The highest BCUT2D eigenvalue weighted by Crippen LogP contribution is 2.30. The van der Waals surface area contributed by atoms with E-state index in [2.05, 4.69) is 42.0 Å². The molecule has 6 rings (SSSR count). The van der Waals surface area contributed by atoms with E-state index in [1.165, 1.54) is 69.4 Å². The molecule has 1 N–H and O–H groups in total. The summed E-state index contributed by atoms with van der Waals surface area (Å²) in [4.78, 5) is 38.1. The van der Waals surface area contributed by atoms with Crippen LogP contribution in [0, 0.1) is 39.5 Å². The molecule has 2 aliphatic rings. The summed E-state index contributed by atoms with van der Waals surface area (Å²) >= 11 is 2.82. The second-order valence-corrected chi connectivity index (χ2v) is 24.4. The van der Waals surface area contributed by atoms with Crippen molar-refractivity contribution in [2.75, 3.05) is 128 Å². The number of thioether (sulfide) groups is 2. The Kier molecular flexibility index (Phi) is 25.6. The van der Waals surface area contributed by atoms with Crippen molar-refractivity contribution >= 4 is 67.3 Å². The van der Waals surface area contributed by atoms with E-state index in [1.807, 2.05) is 55.9 Å². The van der Waals surface area contributed by atoms with Gasteiger partial charge in [0.05, 0.1) is 29.8 Å². The predicted octanol–water partition coefficient (Wildman–Crippen LogP) is 6.75. The zero-order valence-corrected chi connectivity index (χ0v) is 47.7. The number of pyridine rings is 2. The van der Waals surface area contributed by atoms with Crippen molar-refractivity contribution in [3.05, 3.63) is 95.6 Å². The molecule has 0 bridgehead atoms. The van der Waals surface area contributed by atoms with Crippen LogP contribution < -0.4 is 24.6 Å². The number of rotatable bonds is 23. The van der Waals surface area contributed by atoms with Crippen LogP contribution in [0.15, 0.2) is 83.1 Å². The number of nitrogens with zero attached hydrogens (tertiary/aromatic N) is 7. The van der Waals surface area contributed by atoms with Gasteiger partial charge >= 0.3 is 0 Å². The van der Waals surface area contributed by atoms with Crippen LogP contribution in [0.25, 0.3) is 0 Å². The summed E-state index contributed by atoms with van der Waals surface area (Å²) in [7, 11) is 2.96. The first kappa shape index (κ1) is 60.9. The Labute approximate surface area is 444 Å². The third-order valence-corrected chi connectivity index (χ3v) is 19.0. The second-order valence-electron chi connectivity index (χ2n) is 18.3. The fourth-order valence-corrected chi connectivity index (χ4v) is 13.9. The highest BCUT2D eigenvalue weighted by atomic mass is 32.2. The number of carbonyl (C=O) groups is 2. The number of methoxy groups -OCH3 is 2. The molecular weight excluding hydrogens is 1010 g/mol. The van der Waals surface area contributed by atoms with Crippen molar-refractivity contribution in [2.24, 2.45) is 11.8 Å². The lowest BCUT2D eigenvalue weighted by Gasteiger charge is -2.35. The average molecular weight is 1090 g/mol. The van der Waals surface area contributed by atoms with E-state index in [9.17, 15) is 26.4 Å². The fourth-order valence-electron chi connectivity index (χ4n) is 8.87. The largest absolute Gasteiger partial charge is 0.497 e. The Morgan fingerprint density at radius 3 is 1.47 bits per heavy atom.